The molecule has 34 heteroatoms. The van der Waals surface area contributed by atoms with Gasteiger partial charge >= 0.3 is 17.9 Å². The number of nitrogens with two attached hydrogens (primary N) is 3. The summed E-state index contributed by atoms with van der Waals surface area (Å²) in [4.78, 5) is 129. The van der Waals surface area contributed by atoms with Crippen LogP contribution in [0, 0.1) is 5.92 Å². The van der Waals surface area contributed by atoms with Crippen molar-refractivity contribution in [3.63, 3.8) is 0 Å². The molecule has 0 saturated carbocycles. The average Bonchev–Trinajstić information content (AvgIpc) is 1.06. The number of ether oxygens (including phenoxy) is 6. The van der Waals surface area contributed by atoms with Crippen molar-refractivity contribution in [3.8, 4) is 40.1 Å². The minimum absolute atomic E-state index is 0.0173. The smallest absolute Gasteiger partial charge is 0.343 e. The molecule has 4 aromatic carbocycles. The normalized spacial score (nSPS) is 21.9. The molecule has 0 unspecified atom stereocenters. The van der Waals surface area contributed by atoms with Crippen LogP contribution < -0.4 is 41.9 Å². The first-order valence-corrected chi connectivity index (χ1v) is 35.6. The third kappa shape index (κ3) is 14.5. The van der Waals surface area contributed by atoms with Crippen LogP contribution in [0.1, 0.15) is 140 Å². The number of aromatic nitrogens is 6. The summed E-state index contributed by atoms with van der Waals surface area (Å²) in [7, 11) is 5.29. The molecule has 15 rings (SSSR count). The van der Waals surface area contributed by atoms with E-state index in [1.807, 2.05) is 24.1 Å². The molecule has 7 aliphatic rings. The zero-order chi connectivity index (χ0) is 78.7. The van der Waals surface area contributed by atoms with Crippen molar-refractivity contribution in [2.24, 2.45) is 11.7 Å². The van der Waals surface area contributed by atoms with E-state index in [9.17, 15) is 74.1 Å². The third-order valence-electron chi connectivity index (χ3n) is 21.3. The number of piperazine rings is 1. The second-order valence-electron chi connectivity index (χ2n) is 28.3. The van der Waals surface area contributed by atoms with Crippen LogP contribution in [0.4, 0.5) is 17.5 Å². The molecule has 2 fully saturated rings. The molecule has 578 valence electrons. The Labute approximate surface area is 626 Å². The number of nitrogen functional groups attached to an aromatic ring is 2. The van der Waals surface area contributed by atoms with Crippen molar-refractivity contribution in [2.45, 2.75) is 127 Å². The first kappa shape index (κ1) is 77.0. The van der Waals surface area contributed by atoms with E-state index in [1.165, 1.54) is 25.3 Å². The molecule has 110 heavy (non-hydrogen) atoms. The lowest BCUT2D eigenvalue weighted by atomic mass is 9.72. The number of hydrogen-bond acceptors (Lipinski definition) is 31. The largest absolute Gasteiger partial charge is 0.507 e. The van der Waals surface area contributed by atoms with Gasteiger partial charge < -0.3 is 101 Å². The molecule has 9 heterocycles. The van der Waals surface area contributed by atoms with Crippen molar-refractivity contribution >= 4 is 80.6 Å². The van der Waals surface area contributed by atoms with Crippen molar-refractivity contribution in [1.82, 2.24) is 39.3 Å². The number of carbonyl (C=O) groups excluding carboxylic acids is 5. The van der Waals surface area contributed by atoms with Gasteiger partial charge in [0.15, 0.2) is 57.7 Å². The number of carbonyl (C=O) groups is 7. The highest BCUT2D eigenvalue weighted by atomic mass is 16.7. The Kier molecular flexibility index (Phi) is 21.5. The van der Waals surface area contributed by atoms with E-state index in [-0.39, 0.29) is 89.8 Å². The maximum absolute atomic E-state index is 13.7. The van der Waals surface area contributed by atoms with Gasteiger partial charge in [0.2, 0.25) is 11.7 Å². The number of aliphatic carboxylic acids is 2. The van der Waals surface area contributed by atoms with Gasteiger partial charge in [-0.15, -0.1) is 0 Å². The number of methoxy groups -OCH3 is 1. The number of Topliss-reactive ketones (excluding diaryl/α,β-unsaturated/α-hetero) is 2. The van der Waals surface area contributed by atoms with E-state index in [2.05, 4.69) is 36.8 Å². The van der Waals surface area contributed by atoms with Crippen LogP contribution in [0.2, 0.25) is 0 Å². The number of likely N-dealkylation sites (N-methyl/N-ethyl adjacent to an activating group) is 1. The third-order valence-corrected chi connectivity index (χ3v) is 21.3. The van der Waals surface area contributed by atoms with Gasteiger partial charge in [-0.05, 0) is 74.8 Å². The summed E-state index contributed by atoms with van der Waals surface area (Å²) >= 11 is 0. The molecular formula is C76H82N12O22. The number of anilines is 3. The van der Waals surface area contributed by atoms with Crippen LogP contribution in [0.3, 0.4) is 0 Å². The number of carboxylic acids is 2. The lowest BCUT2D eigenvalue weighted by Crippen LogP contribution is -2.53. The first-order valence-electron chi connectivity index (χ1n) is 35.6. The Bertz CT molecular complexity index is 5140. The molecule has 2 aliphatic carbocycles. The number of ketones is 4. The Balaban J connectivity index is 0.000000146. The fourth-order valence-corrected chi connectivity index (χ4v) is 15.1. The number of aliphatic hydroxyl groups is 4. The summed E-state index contributed by atoms with van der Waals surface area (Å²) in [6, 6.07) is 16.0. The number of cyclic esters (lactones) is 1. The Morgan fingerprint density at radius 3 is 2.24 bits per heavy atom. The van der Waals surface area contributed by atoms with E-state index >= 15 is 0 Å². The van der Waals surface area contributed by atoms with Gasteiger partial charge in [0.25, 0.3) is 5.56 Å². The summed E-state index contributed by atoms with van der Waals surface area (Å²) < 4.78 is 35.7. The number of nitrogens with zero attached hydrogens (tertiary/aromatic N) is 9. The predicted octanol–water partition coefficient (Wildman–Crippen LogP) is 2.96. The molecule has 14 N–H and O–H groups in total. The zero-order valence-corrected chi connectivity index (χ0v) is 60.6. The number of hydrogen-bond donors (Lipinski definition) is 11. The number of phenolic OH excluding ortho intramolecular Hbond substituents is 2. The van der Waals surface area contributed by atoms with Crippen LogP contribution in [0.15, 0.2) is 71.7 Å². The van der Waals surface area contributed by atoms with Gasteiger partial charge in [0, 0.05) is 128 Å². The van der Waals surface area contributed by atoms with Crippen LogP contribution >= 0.6 is 0 Å². The summed E-state index contributed by atoms with van der Waals surface area (Å²) in [5, 5.41) is 83.9. The highest BCUT2D eigenvalue weighted by Gasteiger charge is 2.51. The number of fused-ring (bicyclic) bond motifs is 10. The van der Waals surface area contributed by atoms with E-state index in [1.54, 1.807) is 54.9 Å². The number of benzene rings is 4. The number of pyridine rings is 2. The van der Waals surface area contributed by atoms with Crippen LogP contribution in [-0.2, 0) is 71.7 Å². The maximum Gasteiger partial charge on any atom is 0.343 e. The number of phenols is 2. The molecule has 8 aromatic rings. The minimum atomic E-state index is -2.24. The molecule has 0 amide bonds. The van der Waals surface area contributed by atoms with Gasteiger partial charge in [-0.2, -0.15) is 9.97 Å². The van der Waals surface area contributed by atoms with Crippen LogP contribution in [0.5, 0.6) is 28.7 Å². The number of carboxylic acid groups (broad SMARTS) is 2. The van der Waals surface area contributed by atoms with Crippen LogP contribution in [-0.4, -0.2) is 219 Å². The zero-order valence-electron chi connectivity index (χ0n) is 60.6. The van der Waals surface area contributed by atoms with E-state index < -0.39 is 125 Å². The summed E-state index contributed by atoms with van der Waals surface area (Å²) in [6.07, 6.45) is -4.13. The topological polar surface area (TPSA) is 511 Å². The fraction of sp³-hybridized carbons (Fsp3) is 0.408. The summed E-state index contributed by atoms with van der Waals surface area (Å²) in [5.41, 5.74) is 18.9. The van der Waals surface area contributed by atoms with E-state index in [4.69, 9.17) is 55.7 Å². The number of aromatic hydroxyl groups is 2. The second kappa shape index (κ2) is 30.7. The number of esters is 1. The molecule has 2 saturated heterocycles. The van der Waals surface area contributed by atoms with Crippen molar-refractivity contribution in [1.29, 1.82) is 0 Å². The SMILES string of the molecule is CC[C@@]1(O)C(=O)OCc2c1cc1n(c2=O)Cc2c-1nc1cc3c(cc1c2CN1CCN(C)CC1)OCCO3.CN(Cc1cnc2nc(N)nc(N)c2n1)c1ccc(C(=O)C[C@@H](CCC(=O)O)C(=O)O)cc1.COc1cccc2c1C(=O)c1c(O)c3c(c(O)c1C2=O)C[C@](O)(C(=O)CO)C[C@@H]3O[C@H]1C[C@H](N)[C@H](O)[C@H](C)O1. The minimum Gasteiger partial charge on any atom is -0.507 e. The van der Waals surface area contributed by atoms with Gasteiger partial charge in [0.05, 0.1) is 95.5 Å². The first-order chi connectivity index (χ1) is 52.4. The van der Waals surface area contributed by atoms with Crippen molar-refractivity contribution in [3.05, 3.63) is 144 Å². The fourth-order valence-electron chi connectivity index (χ4n) is 15.1. The van der Waals surface area contributed by atoms with Crippen LogP contribution in [0.25, 0.3) is 33.5 Å². The van der Waals surface area contributed by atoms with Crippen molar-refractivity contribution < 1.29 is 103 Å². The molecule has 0 bridgehead atoms. The number of rotatable bonds is 18. The molecule has 8 atom stereocenters. The Morgan fingerprint density at radius 2 is 1.56 bits per heavy atom. The Morgan fingerprint density at radius 1 is 0.855 bits per heavy atom. The number of aliphatic hydroxyl groups excluding tert-OH is 2. The molecule has 34 nitrogen and oxygen atoms in total. The summed E-state index contributed by atoms with van der Waals surface area (Å²) in [5.74, 6) is -6.67. The van der Waals surface area contributed by atoms with Gasteiger partial charge in [-0.25, -0.2) is 19.7 Å². The monoisotopic (exact) mass is 1510 g/mol. The average molecular weight is 1520 g/mol. The molecule has 5 aliphatic heterocycles. The highest BCUT2D eigenvalue weighted by Crippen LogP contribution is 2.53. The highest BCUT2D eigenvalue weighted by molar-refractivity contribution is 6.31. The van der Waals surface area contributed by atoms with E-state index in [0.29, 0.717) is 82.7 Å². The maximum atomic E-state index is 13.7. The predicted molar refractivity (Wildman–Crippen MR) is 389 cm³/mol. The van der Waals surface area contributed by atoms with Gasteiger partial charge in [0.1, 0.15) is 49.3 Å². The second-order valence-corrected chi connectivity index (χ2v) is 28.3. The lowest BCUT2D eigenvalue weighted by molar-refractivity contribution is -0.247. The molecule has 4 aromatic heterocycles. The van der Waals surface area contributed by atoms with Crippen molar-refractivity contribution in [2.75, 3.05) is 83.6 Å². The summed E-state index contributed by atoms with van der Waals surface area (Å²) in [6.45, 7) is 8.46. The standard InChI is InChI=1S/C28H30N4O6.C27H29NO11.C21H23N7O5/c1-3-28(35)20-11-22-25-18(14-32(22)26(33)19(20)15-38-27(28)34)17(13-31-6-4-30(2)5-7-31)16-10-23-24(12-21(16)29-25)37-9-8-36-23;1-10-22(31)13(28)6-17(38-10)39-15-8-27(36,16(30)9-29)7-12-19(15)26(35)21-20(24(12)33)23(32)11-4-3-5-14(37-2)18(11)25(21)34;1-28(10-13-9-24-19-17(25-13)18(22)26-21(23)27-19)14-5-2-11(3-6-14)15(29)8-12(20(32)33)4-7-16(30)31/h10-12,35H,3-9,13-15H2,1-2H3;3-5,10,13,15,17,22,29,31,33,35-36H,6-9,28H2,1-2H3;2-3,5-6,9,12H,4,7-8,10H2,1H3,(H,30,31)(H,32,33)(H4,22,23,24,26,27)/t28-;10-,13-,15-,17-,22+,27+;12-/m001/s1. The van der Waals surface area contributed by atoms with E-state index in [0.717, 1.165) is 60.4 Å². The lowest BCUT2D eigenvalue weighted by Gasteiger charge is -2.42. The molecular weight excluding hydrogens is 1430 g/mol. The Hall–Kier alpha value is -11.2. The van der Waals surface area contributed by atoms with Gasteiger partial charge in [-0.3, -0.25) is 38.5 Å². The molecule has 0 spiro atoms. The van der Waals surface area contributed by atoms with Gasteiger partial charge in [-0.1, -0.05) is 19.1 Å². The quantitative estimate of drug-likeness (QED) is 0.0334. The molecule has 0 radical (unpaired) electrons.